The quantitative estimate of drug-likeness (QED) is 0.894. The summed E-state index contributed by atoms with van der Waals surface area (Å²) in [5.41, 5.74) is 2.05. The zero-order valence-electron chi connectivity index (χ0n) is 15.3. The van der Waals surface area contributed by atoms with Gasteiger partial charge < -0.3 is 15.1 Å². The van der Waals surface area contributed by atoms with Gasteiger partial charge >= 0.3 is 0 Å². The first-order chi connectivity index (χ1) is 12.6. The Morgan fingerprint density at radius 1 is 1.19 bits per heavy atom. The maximum absolute atomic E-state index is 14.0. The normalized spacial score (nSPS) is 15.7. The number of pyridine rings is 1. The second-order valence-electron chi connectivity index (χ2n) is 6.61. The number of rotatable bonds is 5. The van der Waals surface area contributed by atoms with E-state index in [2.05, 4.69) is 20.1 Å². The lowest BCUT2D eigenvalue weighted by atomic mass is 10.2. The molecule has 2 aromatic rings. The smallest absolute Gasteiger partial charge is 0.270 e. The van der Waals surface area contributed by atoms with Crippen molar-refractivity contribution in [3.05, 3.63) is 54.1 Å². The molecule has 1 N–H and O–H groups in total. The second-order valence-corrected chi connectivity index (χ2v) is 6.61. The minimum Gasteiger partial charge on any atom is -0.368 e. The standard InChI is InChI=1S/C20H25FN4O/c1-3-15(2)23-20(26)18-14-16(8-9-22-18)24-10-12-25(13-11-24)19-7-5-4-6-17(19)21/h4-9,14-15H,3,10-13H2,1-2H3,(H,23,26). The van der Waals surface area contributed by atoms with E-state index in [0.717, 1.165) is 38.3 Å². The summed E-state index contributed by atoms with van der Waals surface area (Å²) in [6.45, 7) is 7.01. The number of hydrogen-bond acceptors (Lipinski definition) is 4. The average molecular weight is 356 g/mol. The molecule has 0 saturated carbocycles. The van der Waals surface area contributed by atoms with Crippen LogP contribution in [0.15, 0.2) is 42.6 Å². The van der Waals surface area contributed by atoms with Crippen molar-refractivity contribution in [3.8, 4) is 0 Å². The average Bonchev–Trinajstić information content (AvgIpc) is 2.68. The Labute approximate surface area is 153 Å². The monoisotopic (exact) mass is 356 g/mol. The molecule has 0 bridgehead atoms. The number of nitrogens with one attached hydrogen (secondary N) is 1. The van der Waals surface area contributed by atoms with Crippen LogP contribution in [-0.2, 0) is 0 Å². The number of carbonyl (C=O) groups is 1. The Morgan fingerprint density at radius 2 is 1.88 bits per heavy atom. The zero-order valence-corrected chi connectivity index (χ0v) is 15.3. The number of nitrogens with zero attached hydrogens (tertiary/aromatic N) is 3. The lowest BCUT2D eigenvalue weighted by Gasteiger charge is -2.37. The fourth-order valence-corrected chi connectivity index (χ4v) is 3.05. The fraction of sp³-hybridized carbons (Fsp3) is 0.400. The molecule has 138 valence electrons. The molecule has 5 nitrogen and oxygen atoms in total. The summed E-state index contributed by atoms with van der Waals surface area (Å²) in [7, 11) is 0. The Bertz CT molecular complexity index is 759. The third-order valence-corrected chi connectivity index (χ3v) is 4.80. The SMILES string of the molecule is CCC(C)NC(=O)c1cc(N2CCN(c3ccccc3F)CC2)ccn1. The lowest BCUT2D eigenvalue weighted by Crippen LogP contribution is -2.47. The molecule has 1 aliphatic rings. The van der Waals surface area contributed by atoms with Crippen molar-refractivity contribution in [2.45, 2.75) is 26.3 Å². The largest absolute Gasteiger partial charge is 0.368 e. The van der Waals surface area contributed by atoms with Crippen LogP contribution < -0.4 is 15.1 Å². The number of carbonyl (C=O) groups excluding carboxylic acids is 1. The van der Waals surface area contributed by atoms with Crippen LogP contribution in [0.2, 0.25) is 0 Å². The van der Waals surface area contributed by atoms with E-state index in [9.17, 15) is 9.18 Å². The fourth-order valence-electron chi connectivity index (χ4n) is 3.05. The maximum Gasteiger partial charge on any atom is 0.270 e. The Balaban J connectivity index is 1.65. The van der Waals surface area contributed by atoms with Crippen LogP contribution in [0.3, 0.4) is 0 Å². The van der Waals surface area contributed by atoms with Gasteiger partial charge in [0.05, 0.1) is 5.69 Å². The number of benzene rings is 1. The van der Waals surface area contributed by atoms with E-state index >= 15 is 0 Å². The molecule has 1 aromatic carbocycles. The minimum atomic E-state index is -0.186. The molecular weight excluding hydrogens is 331 g/mol. The van der Waals surface area contributed by atoms with Crippen LogP contribution in [-0.4, -0.2) is 43.1 Å². The molecule has 1 amide bonds. The Kier molecular flexibility index (Phi) is 5.71. The molecule has 6 heteroatoms. The third-order valence-electron chi connectivity index (χ3n) is 4.80. The summed E-state index contributed by atoms with van der Waals surface area (Å²) in [5, 5.41) is 2.94. The first-order valence-electron chi connectivity index (χ1n) is 9.10. The van der Waals surface area contributed by atoms with Gasteiger partial charge in [0.1, 0.15) is 11.5 Å². The van der Waals surface area contributed by atoms with E-state index in [1.54, 1.807) is 12.3 Å². The molecule has 0 radical (unpaired) electrons. The number of aromatic nitrogens is 1. The molecule has 1 atom stereocenters. The predicted molar refractivity (Wildman–Crippen MR) is 102 cm³/mol. The summed E-state index contributed by atoms with van der Waals surface area (Å²) in [4.78, 5) is 20.7. The van der Waals surface area contributed by atoms with Gasteiger partial charge in [-0.25, -0.2) is 4.39 Å². The molecule has 1 aliphatic heterocycles. The van der Waals surface area contributed by atoms with Crippen molar-refractivity contribution in [1.82, 2.24) is 10.3 Å². The molecule has 3 rings (SSSR count). The highest BCUT2D eigenvalue weighted by Crippen LogP contribution is 2.23. The van der Waals surface area contributed by atoms with Crippen molar-refractivity contribution in [1.29, 1.82) is 0 Å². The van der Waals surface area contributed by atoms with Crippen LogP contribution in [0.5, 0.6) is 0 Å². The highest BCUT2D eigenvalue weighted by molar-refractivity contribution is 5.93. The van der Waals surface area contributed by atoms with Crippen molar-refractivity contribution < 1.29 is 9.18 Å². The summed E-state index contributed by atoms with van der Waals surface area (Å²) in [6.07, 6.45) is 2.55. The maximum atomic E-state index is 14.0. The van der Waals surface area contributed by atoms with Crippen molar-refractivity contribution in [2.24, 2.45) is 0 Å². The van der Waals surface area contributed by atoms with Gasteiger partial charge in [0.25, 0.3) is 5.91 Å². The Hall–Kier alpha value is -2.63. The van der Waals surface area contributed by atoms with Crippen molar-refractivity contribution >= 4 is 17.3 Å². The zero-order chi connectivity index (χ0) is 18.5. The number of para-hydroxylation sites is 1. The number of hydrogen-bond donors (Lipinski definition) is 1. The van der Waals surface area contributed by atoms with Gasteiger partial charge in [-0.05, 0) is 37.6 Å². The number of halogens is 1. The van der Waals surface area contributed by atoms with Gasteiger partial charge in [0.2, 0.25) is 0 Å². The molecule has 1 aromatic heterocycles. The Morgan fingerprint density at radius 3 is 2.58 bits per heavy atom. The third kappa shape index (κ3) is 4.12. The molecule has 0 aliphatic carbocycles. The van der Waals surface area contributed by atoms with E-state index in [-0.39, 0.29) is 17.8 Å². The van der Waals surface area contributed by atoms with Gasteiger partial charge in [-0.15, -0.1) is 0 Å². The summed E-state index contributed by atoms with van der Waals surface area (Å²) in [5.74, 6) is -0.333. The molecule has 0 spiro atoms. The van der Waals surface area contributed by atoms with Crippen LogP contribution in [0.1, 0.15) is 30.8 Å². The van der Waals surface area contributed by atoms with Gasteiger partial charge in [0, 0.05) is 44.1 Å². The second kappa shape index (κ2) is 8.17. The van der Waals surface area contributed by atoms with E-state index < -0.39 is 0 Å². The molecule has 1 saturated heterocycles. The first kappa shape index (κ1) is 18.2. The summed E-state index contributed by atoms with van der Waals surface area (Å²) < 4.78 is 14.0. The van der Waals surface area contributed by atoms with Crippen molar-refractivity contribution in [2.75, 3.05) is 36.0 Å². The summed E-state index contributed by atoms with van der Waals surface area (Å²) >= 11 is 0. The van der Waals surface area contributed by atoms with E-state index in [1.807, 2.05) is 38.1 Å². The van der Waals surface area contributed by atoms with Gasteiger partial charge in [-0.3, -0.25) is 9.78 Å². The van der Waals surface area contributed by atoms with Crippen LogP contribution in [0.25, 0.3) is 0 Å². The highest BCUT2D eigenvalue weighted by atomic mass is 19.1. The number of anilines is 2. The molecule has 1 unspecified atom stereocenters. The van der Waals surface area contributed by atoms with Gasteiger partial charge in [0.15, 0.2) is 0 Å². The van der Waals surface area contributed by atoms with E-state index in [0.29, 0.717) is 11.4 Å². The highest BCUT2D eigenvalue weighted by Gasteiger charge is 2.20. The van der Waals surface area contributed by atoms with Crippen LogP contribution >= 0.6 is 0 Å². The number of piperazine rings is 1. The van der Waals surface area contributed by atoms with Gasteiger partial charge in [-0.2, -0.15) is 0 Å². The molecule has 1 fully saturated rings. The summed E-state index contributed by atoms with van der Waals surface area (Å²) in [6, 6.07) is 10.7. The molecule has 2 heterocycles. The minimum absolute atomic E-state index is 0.122. The van der Waals surface area contributed by atoms with Crippen molar-refractivity contribution in [3.63, 3.8) is 0 Å². The van der Waals surface area contributed by atoms with Crippen LogP contribution in [0, 0.1) is 5.82 Å². The van der Waals surface area contributed by atoms with E-state index in [4.69, 9.17) is 0 Å². The lowest BCUT2D eigenvalue weighted by molar-refractivity contribution is 0.0934. The molecule has 26 heavy (non-hydrogen) atoms. The van der Waals surface area contributed by atoms with Crippen LogP contribution in [0.4, 0.5) is 15.8 Å². The number of amides is 1. The predicted octanol–water partition coefficient (Wildman–Crippen LogP) is 3.08. The molecular formula is C20H25FN4O. The first-order valence-corrected chi connectivity index (χ1v) is 9.10. The topological polar surface area (TPSA) is 48.5 Å². The van der Waals surface area contributed by atoms with Gasteiger partial charge in [-0.1, -0.05) is 19.1 Å². The van der Waals surface area contributed by atoms with E-state index in [1.165, 1.54) is 6.07 Å².